The molecule has 4 nitrogen and oxygen atoms in total. The van der Waals surface area contributed by atoms with Crippen molar-refractivity contribution in [2.75, 3.05) is 12.4 Å². The molecule has 0 aromatic heterocycles. The summed E-state index contributed by atoms with van der Waals surface area (Å²) < 4.78 is 69.9. The lowest BCUT2D eigenvalue weighted by atomic mass is 9.86. The third kappa shape index (κ3) is 6.84. The van der Waals surface area contributed by atoms with Gasteiger partial charge in [0.2, 0.25) is 5.78 Å². The molecule has 0 radical (unpaired) electrons. The molecule has 8 heteroatoms. The number of hydrogen-bond donors (Lipinski definition) is 0. The summed E-state index contributed by atoms with van der Waals surface area (Å²) in [5.74, 6) is -1.59. The van der Waals surface area contributed by atoms with Gasteiger partial charge in [-0.25, -0.2) is 8.42 Å². The summed E-state index contributed by atoms with van der Waals surface area (Å²) in [6, 6.07) is 21.5. The first kappa shape index (κ1) is 29.4. The average molecular weight is 547 g/mol. The first-order chi connectivity index (χ1) is 17.9. The summed E-state index contributed by atoms with van der Waals surface area (Å²) in [7, 11) is -3.76. The average Bonchev–Trinajstić information content (AvgIpc) is 2.87. The fraction of sp³-hybridized carbons (Fsp3) is 0.367. The van der Waals surface area contributed by atoms with Crippen LogP contribution in [0.5, 0.6) is 5.75 Å². The van der Waals surface area contributed by atoms with Gasteiger partial charge in [0.05, 0.1) is 5.75 Å². The van der Waals surface area contributed by atoms with E-state index in [2.05, 4.69) is 0 Å². The number of ether oxygens (including phenoxy) is 1. The molecule has 0 aliphatic carbocycles. The zero-order valence-electron chi connectivity index (χ0n) is 21.8. The molecule has 0 saturated heterocycles. The Kier molecular flexibility index (Phi) is 9.41. The molecule has 0 fully saturated rings. The Balaban J connectivity index is 1.79. The Hall–Kier alpha value is -3.13. The van der Waals surface area contributed by atoms with Crippen LogP contribution in [0.2, 0.25) is 0 Å². The molecule has 0 N–H and O–H groups in total. The van der Waals surface area contributed by atoms with Crippen molar-refractivity contribution in [2.24, 2.45) is 0 Å². The van der Waals surface area contributed by atoms with Crippen LogP contribution in [0.15, 0.2) is 72.8 Å². The second-order valence-corrected chi connectivity index (χ2v) is 11.9. The van der Waals surface area contributed by atoms with Gasteiger partial charge in [0, 0.05) is 6.42 Å². The molecule has 3 rings (SSSR count). The minimum Gasteiger partial charge on any atom is -0.493 e. The fourth-order valence-electron chi connectivity index (χ4n) is 4.56. The summed E-state index contributed by atoms with van der Waals surface area (Å²) in [4.78, 5) is 11.1. The normalized spacial score (nSPS) is 12.4. The number of rotatable bonds is 12. The minimum absolute atomic E-state index is 0.0420. The molecule has 0 aliphatic heterocycles. The van der Waals surface area contributed by atoms with Crippen LogP contribution < -0.4 is 4.74 Å². The Bertz CT molecular complexity index is 1270. The summed E-state index contributed by atoms with van der Waals surface area (Å²) in [5.41, 5.74) is 4.06. The van der Waals surface area contributed by atoms with Gasteiger partial charge in [-0.05, 0) is 55.5 Å². The highest BCUT2D eigenvalue weighted by molar-refractivity contribution is 7.92. The van der Waals surface area contributed by atoms with E-state index < -0.39 is 33.0 Å². The summed E-state index contributed by atoms with van der Waals surface area (Å²) in [6.07, 6.45) is -4.44. The fourth-order valence-corrected chi connectivity index (χ4v) is 6.72. The molecule has 3 aromatic rings. The van der Waals surface area contributed by atoms with E-state index in [-0.39, 0.29) is 18.8 Å². The third-order valence-corrected chi connectivity index (χ3v) is 9.11. The van der Waals surface area contributed by atoms with Crippen LogP contribution >= 0.6 is 0 Å². The van der Waals surface area contributed by atoms with Gasteiger partial charge in [0.1, 0.15) is 17.1 Å². The highest BCUT2D eigenvalue weighted by atomic mass is 32.2. The van der Waals surface area contributed by atoms with Gasteiger partial charge in [-0.3, -0.25) is 4.79 Å². The van der Waals surface area contributed by atoms with Crippen molar-refractivity contribution in [1.82, 2.24) is 0 Å². The minimum atomic E-state index is -4.83. The number of Topliss-reactive ketones (excluding diaryl/α,β-unsaturated/α-hetero) is 1. The smallest absolute Gasteiger partial charge is 0.449 e. The van der Waals surface area contributed by atoms with Crippen LogP contribution in [0.25, 0.3) is 0 Å². The zero-order valence-corrected chi connectivity index (χ0v) is 22.7. The lowest BCUT2D eigenvalue weighted by Gasteiger charge is -2.35. The SMILES string of the molecule is CCCC(c1ccc(C)cc1)(c1ccc(C)cc1)S(=O)(=O)CCOc1ccc(CCC(=O)C(F)(F)F)cc1. The van der Waals surface area contributed by atoms with Gasteiger partial charge in [-0.2, -0.15) is 13.2 Å². The van der Waals surface area contributed by atoms with E-state index >= 15 is 0 Å². The van der Waals surface area contributed by atoms with Crippen molar-refractivity contribution in [1.29, 1.82) is 0 Å². The Morgan fingerprint density at radius 2 is 1.32 bits per heavy atom. The summed E-state index contributed by atoms with van der Waals surface area (Å²) in [5, 5.41) is 0. The Morgan fingerprint density at radius 1 is 0.816 bits per heavy atom. The highest BCUT2D eigenvalue weighted by Crippen LogP contribution is 2.43. The highest BCUT2D eigenvalue weighted by Gasteiger charge is 2.46. The van der Waals surface area contributed by atoms with Crippen molar-refractivity contribution in [3.05, 3.63) is 101 Å². The molecule has 0 saturated carbocycles. The van der Waals surface area contributed by atoms with Crippen molar-refractivity contribution in [2.45, 2.75) is 57.4 Å². The standard InChI is InChI=1S/C30H33F3O4S/c1-4-19-29(25-12-5-22(2)6-13-25,26-14-7-23(3)8-15-26)38(35,36)21-20-37-27-16-9-24(10-17-27)11-18-28(34)30(31,32)33/h5-10,12-17H,4,11,18-21H2,1-3H3. The Morgan fingerprint density at radius 3 is 1.76 bits per heavy atom. The largest absolute Gasteiger partial charge is 0.493 e. The number of aryl methyl sites for hydroxylation is 3. The second-order valence-electron chi connectivity index (χ2n) is 9.54. The molecule has 38 heavy (non-hydrogen) atoms. The lowest BCUT2D eigenvalue weighted by molar-refractivity contribution is -0.171. The van der Waals surface area contributed by atoms with Gasteiger partial charge in [0.15, 0.2) is 9.84 Å². The van der Waals surface area contributed by atoms with E-state index in [1.807, 2.05) is 69.3 Å². The van der Waals surface area contributed by atoms with Gasteiger partial charge in [-0.15, -0.1) is 0 Å². The molecule has 0 amide bonds. The van der Waals surface area contributed by atoms with Crippen LogP contribution in [0, 0.1) is 13.8 Å². The number of ketones is 1. The Labute approximate surface area is 222 Å². The van der Waals surface area contributed by atoms with E-state index in [0.29, 0.717) is 35.3 Å². The predicted molar refractivity (Wildman–Crippen MR) is 143 cm³/mol. The van der Waals surface area contributed by atoms with Crippen LogP contribution in [0.1, 0.15) is 54.0 Å². The predicted octanol–water partition coefficient (Wildman–Crippen LogP) is 6.90. The van der Waals surface area contributed by atoms with E-state index in [1.165, 1.54) is 0 Å². The van der Waals surface area contributed by atoms with E-state index in [0.717, 1.165) is 11.1 Å². The first-order valence-electron chi connectivity index (χ1n) is 12.6. The van der Waals surface area contributed by atoms with Crippen molar-refractivity contribution in [3.63, 3.8) is 0 Å². The lowest BCUT2D eigenvalue weighted by Crippen LogP contribution is -2.40. The maximum atomic E-state index is 14.1. The number of alkyl halides is 3. The summed E-state index contributed by atoms with van der Waals surface area (Å²) in [6.45, 7) is 5.79. The molecule has 0 atom stereocenters. The number of carbonyl (C=O) groups excluding carboxylic acids is 1. The van der Waals surface area contributed by atoms with E-state index in [9.17, 15) is 26.4 Å². The quantitative estimate of drug-likeness (QED) is 0.248. The van der Waals surface area contributed by atoms with Gasteiger partial charge < -0.3 is 4.74 Å². The van der Waals surface area contributed by atoms with Gasteiger partial charge in [-0.1, -0.05) is 85.1 Å². The molecule has 0 spiro atoms. The summed E-state index contributed by atoms with van der Waals surface area (Å²) >= 11 is 0. The molecule has 0 heterocycles. The van der Waals surface area contributed by atoms with Gasteiger partial charge in [0.25, 0.3) is 0 Å². The number of halogens is 3. The molecular formula is C30H33F3O4S. The molecule has 0 aliphatic rings. The third-order valence-electron chi connectivity index (χ3n) is 6.67. The maximum absolute atomic E-state index is 14.1. The van der Waals surface area contributed by atoms with Crippen molar-refractivity contribution in [3.8, 4) is 5.75 Å². The number of benzene rings is 3. The molecule has 0 bridgehead atoms. The zero-order chi connectivity index (χ0) is 28.0. The number of carbonyl (C=O) groups is 1. The number of sulfone groups is 1. The maximum Gasteiger partial charge on any atom is 0.449 e. The monoisotopic (exact) mass is 546 g/mol. The van der Waals surface area contributed by atoms with Crippen LogP contribution in [0.4, 0.5) is 13.2 Å². The molecule has 204 valence electrons. The number of hydrogen-bond acceptors (Lipinski definition) is 4. The topological polar surface area (TPSA) is 60.4 Å². The van der Waals surface area contributed by atoms with Crippen molar-refractivity contribution >= 4 is 15.6 Å². The molecular weight excluding hydrogens is 513 g/mol. The van der Waals surface area contributed by atoms with Crippen LogP contribution in [0.3, 0.4) is 0 Å². The van der Waals surface area contributed by atoms with Crippen molar-refractivity contribution < 1.29 is 31.1 Å². The first-order valence-corrected chi connectivity index (χ1v) is 14.2. The van der Waals surface area contributed by atoms with E-state index in [4.69, 9.17) is 4.74 Å². The van der Waals surface area contributed by atoms with E-state index in [1.54, 1.807) is 24.3 Å². The van der Waals surface area contributed by atoms with Gasteiger partial charge >= 0.3 is 6.18 Å². The van der Waals surface area contributed by atoms with Crippen LogP contribution in [-0.2, 0) is 25.8 Å². The molecule has 3 aromatic carbocycles. The molecule has 0 unspecified atom stereocenters. The second kappa shape index (κ2) is 12.2. The van der Waals surface area contributed by atoms with Crippen LogP contribution in [-0.4, -0.2) is 32.7 Å².